The van der Waals surface area contributed by atoms with E-state index in [1.54, 1.807) is 0 Å². The second kappa shape index (κ2) is 7.02. The zero-order valence-electron chi connectivity index (χ0n) is 14.8. The molecule has 3 heterocycles. The van der Waals surface area contributed by atoms with Crippen LogP contribution in [0.15, 0.2) is 30.3 Å². The van der Waals surface area contributed by atoms with Gasteiger partial charge in [-0.05, 0) is 45.0 Å². The lowest BCUT2D eigenvalue weighted by Crippen LogP contribution is -2.40. The summed E-state index contributed by atoms with van der Waals surface area (Å²) in [6.07, 6.45) is 2.12. The summed E-state index contributed by atoms with van der Waals surface area (Å²) < 4.78 is 1.85. The maximum absolute atomic E-state index is 13.1. The third kappa shape index (κ3) is 2.92. The molecule has 1 fully saturated rings. The van der Waals surface area contributed by atoms with Crippen LogP contribution in [0, 0.1) is 6.92 Å². The number of benzene rings is 1. The molecule has 1 amide bonds. The van der Waals surface area contributed by atoms with E-state index in [2.05, 4.69) is 10.4 Å². The number of hydrogen-bond acceptors (Lipinski definition) is 4. The van der Waals surface area contributed by atoms with Crippen molar-refractivity contribution < 1.29 is 4.79 Å². The first-order chi connectivity index (χ1) is 12.6. The van der Waals surface area contributed by atoms with Crippen LogP contribution in [0.5, 0.6) is 0 Å². The van der Waals surface area contributed by atoms with Crippen molar-refractivity contribution in [3.05, 3.63) is 45.9 Å². The van der Waals surface area contributed by atoms with Gasteiger partial charge < -0.3 is 10.2 Å². The van der Waals surface area contributed by atoms with Crippen LogP contribution in [0.4, 0.5) is 0 Å². The minimum atomic E-state index is 0.119. The number of hydrogen-bond donors (Lipinski definition) is 1. The summed E-state index contributed by atoms with van der Waals surface area (Å²) in [4.78, 5) is 16.8. The highest BCUT2D eigenvalue weighted by Crippen LogP contribution is 2.33. The Hall–Kier alpha value is -1.89. The molecule has 0 radical (unpaired) electrons. The van der Waals surface area contributed by atoms with Crippen LogP contribution in [0.3, 0.4) is 0 Å². The van der Waals surface area contributed by atoms with E-state index in [9.17, 15) is 4.79 Å². The maximum atomic E-state index is 13.1. The molecule has 1 aliphatic rings. The number of aromatic nitrogens is 2. The number of fused-ring (bicyclic) bond motifs is 1. The van der Waals surface area contributed by atoms with E-state index >= 15 is 0 Å². The van der Waals surface area contributed by atoms with Crippen molar-refractivity contribution >= 4 is 39.1 Å². The molecule has 136 valence electrons. The Morgan fingerprint density at radius 2 is 2.23 bits per heavy atom. The van der Waals surface area contributed by atoms with Gasteiger partial charge in [-0.25, -0.2) is 4.68 Å². The number of amides is 1. The molecule has 1 saturated heterocycles. The molecule has 0 saturated carbocycles. The average Bonchev–Trinajstić information content (AvgIpc) is 3.32. The summed E-state index contributed by atoms with van der Waals surface area (Å²) in [5.41, 5.74) is 1.74. The molecule has 1 atom stereocenters. The quantitative estimate of drug-likeness (QED) is 0.738. The second-order valence-electron chi connectivity index (χ2n) is 6.63. The van der Waals surface area contributed by atoms with Crippen LogP contribution in [0.25, 0.3) is 15.9 Å². The molecule has 1 aliphatic heterocycles. The molecule has 1 aromatic carbocycles. The number of rotatable bonds is 4. The first kappa shape index (κ1) is 17.5. The maximum Gasteiger partial charge on any atom is 0.264 e. The molecule has 26 heavy (non-hydrogen) atoms. The van der Waals surface area contributed by atoms with E-state index in [4.69, 9.17) is 11.6 Å². The predicted molar refractivity (Wildman–Crippen MR) is 107 cm³/mol. The Morgan fingerprint density at radius 1 is 1.42 bits per heavy atom. The molecule has 2 aromatic heterocycles. The van der Waals surface area contributed by atoms with Crippen molar-refractivity contribution in [1.29, 1.82) is 0 Å². The molecule has 3 aromatic rings. The highest BCUT2D eigenvalue weighted by Gasteiger charge is 2.30. The lowest BCUT2D eigenvalue weighted by molar-refractivity contribution is 0.0742. The molecule has 0 aliphatic carbocycles. The number of thiophene rings is 1. The van der Waals surface area contributed by atoms with Gasteiger partial charge in [0.15, 0.2) is 0 Å². The highest BCUT2D eigenvalue weighted by atomic mass is 35.5. The molecule has 5 nitrogen and oxygen atoms in total. The van der Waals surface area contributed by atoms with Gasteiger partial charge in [-0.15, -0.1) is 11.3 Å². The van der Waals surface area contributed by atoms with Crippen LogP contribution in [-0.4, -0.2) is 46.8 Å². The average molecular weight is 389 g/mol. The van der Waals surface area contributed by atoms with Crippen molar-refractivity contribution in [2.75, 3.05) is 20.1 Å². The lowest BCUT2D eigenvalue weighted by Gasteiger charge is -2.23. The number of aryl methyl sites for hydroxylation is 1. The number of halogens is 1. The summed E-state index contributed by atoms with van der Waals surface area (Å²) >= 11 is 7.85. The molecule has 1 unspecified atom stereocenters. The monoisotopic (exact) mass is 388 g/mol. The third-order valence-electron chi connectivity index (χ3n) is 4.91. The largest absolute Gasteiger partial charge is 0.334 e. The standard InChI is InChI=1S/C19H21ClN4OS/c1-12-14-10-17(18(25)23-9-5-6-13(23)11-21-2)26-19(14)24(22-12)16-8-4-3-7-15(16)20/h3-4,7-8,10,13,21H,5-6,9,11H2,1-2H3. The van der Waals surface area contributed by atoms with Crippen LogP contribution in [-0.2, 0) is 0 Å². The van der Waals surface area contributed by atoms with Crippen LogP contribution in [0.1, 0.15) is 28.2 Å². The number of likely N-dealkylation sites (N-methyl/N-ethyl adjacent to an activating group) is 1. The number of nitrogens with one attached hydrogen (secondary N) is 1. The van der Waals surface area contributed by atoms with Crippen LogP contribution >= 0.6 is 22.9 Å². The van der Waals surface area contributed by atoms with Crippen molar-refractivity contribution in [2.24, 2.45) is 0 Å². The Morgan fingerprint density at radius 3 is 3.00 bits per heavy atom. The number of carbonyl (C=O) groups excluding carboxylic acids is 1. The van der Waals surface area contributed by atoms with Gasteiger partial charge in [0, 0.05) is 24.5 Å². The fourth-order valence-electron chi connectivity index (χ4n) is 3.63. The van der Waals surface area contributed by atoms with Crippen molar-refractivity contribution in [3.63, 3.8) is 0 Å². The first-order valence-corrected chi connectivity index (χ1v) is 9.99. The van der Waals surface area contributed by atoms with E-state index < -0.39 is 0 Å². The topological polar surface area (TPSA) is 50.2 Å². The molecular weight excluding hydrogens is 368 g/mol. The molecular formula is C19H21ClN4OS. The van der Waals surface area contributed by atoms with Gasteiger partial charge in [0.1, 0.15) is 4.83 Å². The van der Waals surface area contributed by atoms with Gasteiger partial charge in [0.2, 0.25) is 0 Å². The zero-order valence-corrected chi connectivity index (χ0v) is 16.4. The number of para-hydroxylation sites is 1. The van der Waals surface area contributed by atoms with E-state index in [0.717, 1.165) is 52.4 Å². The second-order valence-corrected chi connectivity index (χ2v) is 8.07. The van der Waals surface area contributed by atoms with Crippen LogP contribution < -0.4 is 5.32 Å². The van der Waals surface area contributed by atoms with Gasteiger partial charge in [-0.2, -0.15) is 5.10 Å². The molecule has 0 spiro atoms. The minimum Gasteiger partial charge on any atom is -0.334 e. The molecule has 4 rings (SSSR count). The SMILES string of the molecule is CNCC1CCCN1C(=O)c1cc2c(C)nn(-c3ccccc3Cl)c2s1. The van der Waals surface area contributed by atoms with E-state index in [1.807, 2.05) is 53.9 Å². The van der Waals surface area contributed by atoms with E-state index in [1.165, 1.54) is 11.3 Å². The molecule has 0 bridgehead atoms. The minimum absolute atomic E-state index is 0.119. The summed E-state index contributed by atoms with van der Waals surface area (Å²) in [5, 5.41) is 9.49. The lowest BCUT2D eigenvalue weighted by atomic mass is 10.2. The Labute approximate surface area is 161 Å². The molecule has 7 heteroatoms. The normalized spacial score (nSPS) is 17.3. The smallest absolute Gasteiger partial charge is 0.264 e. The summed E-state index contributed by atoms with van der Waals surface area (Å²) in [6, 6.07) is 9.89. The zero-order chi connectivity index (χ0) is 18.3. The third-order valence-corrected chi connectivity index (χ3v) is 6.33. The number of carbonyl (C=O) groups is 1. The predicted octanol–water partition coefficient (Wildman–Crippen LogP) is 3.87. The fourth-order valence-corrected chi connectivity index (χ4v) is 4.98. The molecule has 1 N–H and O–H groups in total. The first-order valence-electron chi connectivity index (χ1n) is 8.79. The Balaban J connectivity index is 1.74. The summed E-state index contributed by atoms with van der Waals surface area (Å²) in [6.45, 7) is 3.63. The van der Waals surface area contributed by atoms with E-state index in [-0.39, 0.29) is 11.9 Å². The van der Waals surface area contributed by atoms with Gasteiger partial charge in [0.05, 0.1) is 21.3 Å². The van der Waals surface area contributed by atoms with Gasteiger partial charge in [-0.3, -0.25) is 4.79 Å². The van der Waals surface area contributed by atoms with Crippen molar-refractivity contribution in [3.8, 4) is 5.69 Å². The van der Waals surface area contributed by atoms with Gasteiger partial charge >= 0.3 is 0 Å². The van der Waals surface area contributed by atoms with Gasteiger partial charge in [0.25, 0.3) is 5.91 Å². The summed E-state index contributed by atoms with van der Waals surface area (Å²) in [5.74, 6) is 0.119. The Kier molecular flexibility index (Phi) is 4.73. The van der Waals surface area contributed by atoms with Gasteiger partial charge in [-0.1, -0.05) is 23.7 Å². The van der Waals surface area contributed by atoms with Crippen molar-refractivity contribution in [2.45, 2.75) is 25.8 Å². The van der Waals surface area contributed by atoms with Crippen molar-refractivity contribution in [1.82, 2.24) is 20.0 Å². The Bertz CT molecular complexity index is 964. The summed E-state index contributed by atoms with van der Waals surface area (Å²) in [7, 11) is 1.93. The number of nitrogens with zero attached hydrogens (tertiary/aromatic N) is 3. The van der Waals surface area contributed by atoms with E-state index in [0.29, 0.717) is 5.02 Å². The number of likely N-dealkylation sites (tertiary alicyclic amines) is 1. The highest BCUT2D eigenvalue weighted by molar-refractivity contribution is 7.20. The fraction of sp³-hybridized carbons (Fsp3) is 0.368. The van der Waals surface area contributed by atoms with Crippen LogP contribution in [0.2, 0.25) is 5.02 Å².